The van der Waals surface area contributed by atoms with Crippen LogP contribution in [0.15, 0.2) is 24.3 Å². The summed E-state index contributed by atoms with van der Waals surface area (Å²) in [5.74, 6) is 0.177. The monoisotopic (exact) mass is 342 g/mol. The molecule has 1 heterocycles. The molecule has 0 aromatic heterocycles. The van der Waals surface area contributed by atoms with Crippen LogP contribution in [-0.4, -0.2) is 59.6 Å². The molecule has 2 rings (SSSR count). The van der Waals surface area contributed by atoms with Gasteiger partial charge in [0.05, 0.1) is 0 Å². The Morgan fingerprint density at radius 2 is 2.23 bits per heavy atom. The van der Waals surface area contributed by atoms with Crippen molar-refractivity contribution in [1.82, 2.24) is 4.90 Å². The number of carbonyl (C=O) groups is 2. The zero-order chi connectivity index (χ0) is 16.1. The molecule has 1 aliphatic heterocycles. The van der Waals surface area contributed by atoms with Crippen LogP contribution in [0.2, 0.25) is 5.02 Å². The van der Waals surface area contributed by atoms with E-state index >= 15 is 0 Å². The Labute approximate surface area is 139 Å². The molecule has 2 amide bonds. The summed E-state index contributed by atoms with van der Waals surface area (Å²) >= 11 is 7.52. The first-order valence-corrected chi connectivity index (χ1v) is 8.82. The maximum absolute atomic E-state index is 12.3. The second-order valence-electron chi connectivity index (χ2n) is 5.08. The Morgan fingerprint density at radius 3 is 2.86 bits per heavy atom. The topological polar surface area (TPSA) is 60.9 Å². The lowest BCUT2D eigenvalue weighted by Crippen LogP contribution is -2.54. The summed E-state index contributed by atoms with van der Waals surface area (Å²) in [7, 11) is 0. The van der Waals surface area contributed by atoms with Gasteiger partial charge in [-0.05, 0) is 36.6 Å². The third kappa shape index (κ3) is 4.15. The lowest BCUT2D eigenvalue weighted by atomic mass is 10.2. The van der Waals surface area contributed by atoms with E-state index in [1.54, 1.807) is 34.9 Å². The van der Waals surface area contributed by atoms with Gasteiger partial charge in [-0.2, -0.15) is 11.8 Å². The number of hydrogen-bond donors (Lipinski definition) is 1. The smallest absolute Gasteiger partial charge is 0.251 e. The fourth-order valence-electron chi connectivity index (χ4n) is 2.34. The number of aliphatic hydroxyl groups excluding tert-OH is 1. The Hall–Kier alpha value is -1.24. The van der Waals surface area contributed by atoms with E-state index in [4.69, 9.17) is 11.6 Å². The molecule has 1 saturated heterocycles. The summed E-state index contributed by atoms with van der Waals surface area (Å²) < 4.78 is 0. The van der Waals surface area contributed by atoms with Gasteiger partial charge in [-0.3, -0.25) is 9.59 Å². The first-order chi connectivity index (χ1) is 10.5. The molecule has 1 aromatic rings. The van der Waals surface area contributed by atoms with Crippen LogP contribution in [-0.2, 0) is 9.59 Å². The van der Waals surface area contributed by atoms with E-state index in [0.29, 0.717) is 30.3 Å². The molecular weight excluding hydrogens is 324 g/mol. The molecule has 1 aromatic carbocycles. The van der Waals surface area contributed by atoms with Crippen molar-refractivity contribution >= 4 is 40.9 Å². The lowest BCUT2D eigenvalue weighted by Gasteiger charge is -2.35. The van der Waals surface area contributed by atoms with Crippen molar-refractivity contribution in [3.8, 4) is 0 Å². The molecule has 1 N–H and O–H groups in total. The van der Waals surface area contributed by atoms with Crippen LogP contribution in [0.3, 0.4) is 0 Å². The fraction of sp³-hybridized carbons (Fsp3) is 0.467. The maximum Gasteiger partial charge on any atom is 0.251 e. The minimum atomic E-state index is -1.03. The number of thioether (sulfide) groups is 1. The van der Waals surface area contributed by atoms with E-state index in [2.05, 4.69) is 0 Å². The molecule has 120 valence electrons. The molecule has 22 heavy (non-hydrogen) atoms. The van der Waals surface area contributed by atoms with Gasteiger partial charge in [-0.1, -0.05) is 17.7 Å². The molecule has 1 atom stereocenters. The fourth-order valence-corrected chi connectivity index (χ4v) is 2.99. The molecule has 7 heteroatoms. The van der Waals surface area contributed by atoms with Crippen LogP contribution in [0.4, 0.5) is 5.69 Å². The molecule has 0 bridgehead atoms. The van der Waals surface area contributed by atoms with Gasteiger partial charge in [0.15, 0.2) is 0 Å². The average molecular weight is 343 g/mol. The quantitative estimate of drug-likeness (QED) is 0.883. The maximum atomic E-state index is 12.3. The third-order valence-corrected chi connectivity index (χ3v) is 4.41. The highest BCUT2D eigenvalue weighted by Crippen LogP contribution is 2.21. The van der Waals surface area contributed by atoms with E-state index in [-0.39, 0.29) is 18.4 Å². The largest absolute Gasteiger partial charge is 0.383 e. The Balaban J connectivity index is 1.98. The van der Waals surface area contributed by atoms with Crippen molar-refractivity contribution in [2.45, 2.75) is 12.5 Å². The van der Waals surface area contributed by atoms with Crippen molar-refractivity contribution in [1.29, 1.82) is 0 Å². The summed E-state index contributed by atoms with van der Waals surface area (Å²) in [6.07, 6.45) is 1.30. The number of anilines is 1. The second kappa shape index (κ2) is 7.85. The predicted octanol–water partition coefficient (Wildman–Crippen LogP) is 1.63. The highest BCUT2D eigenvalue weighted by molar-refractivity contribution is 7.98. The number of rotatable bonds is 5. The van der Waals surface area contributed by atoms with Gasteiger partial charge in [-0.25, -0.2) is 0 Å². The predicted molar refractivity (Wildman–Crippen MR) is 89.4 cm³/mol. The first-order valence-electron chi connectivity index (χ1n) is 7.04. The Morgan fingerprint density at radius 1 is 1.45 bits per heavy atom. The molecule has 0 saturated carbocycles. The lowest BCUT2D eigenvalue weighted by molar-refractivity contribution is -0.144. The molecule has 0 spiro atoms. The van der Waals surface area contributed by atoms with Crippen LogP contribution in [0.1, 0.15) is 6.42 Å². The zero-order valence-electron chi connectivity index (χ0n) is 12.4. The molecule has 1 aliphatic rings. The van der Waals surface area contributed by atoms with Crippen LogP contribution in [0.5, 0.6) is 0 Å². The Bertz CT molecular complexity index is 555. The van der Waals surface area contributed by atoms with E-state index in [1.165, 1.54) is 4.90 Å². The summed E-state index contributed by atoms with van der Waals surface area (Å²) in [6.45, 7) is 0.801. The molecular formula is C15H19ClN2O3S. The summed E-state index contributed by atoms with van der Waals surface area (Å²) in [5.41, 5.74) is 0.729. The highest BCUT2D eigenvalue weighted by Gasteiger charge is 2.30. The molecule has 1 unspecified atom stereocenters. The summed E-state index contributed by atoms with van der Waals surface area (Å²) in [6, 6.07) is 7.07. The minimum absolute atomic E-state index is 0.0122. The van der Waals surface area contributed by atoms with Gasteiger partial charge < -0.3 is 14.9 Å². The van der Waals surface area contributed by atoms with Gasteiger partial charge in [0.25, 0.3) is 5.91 Å². The van der Waals surface area contributed by atoms with Crippen molar-refractivity contribution in [3.05, 3.63) is 29.3 Å². The van der Waals surface area contributed by atoms with Gasteiger partial charge in [0, 0.05) is 23.8 Å². The summed E-state index contributed by atoms with van der Waals surface area (Å²) in [4.78, 5) is 27.4. The van der Waals surface area contributed by atoms with Crippen molar-refractivity contribution in [2.75, 3.05) is 36.5 Å². The van der Waals surface area contributed by atoms with Crippen LogP contribution in [0, 0.1) is 0 Å². The average Bonchev–Trinajstić information content (AvgIpc) is 2.51. The summed E-state index contributed by atoms with van der Waals surface area (Å²) in [5, 5.41) is 10.4. The van der Waals surface area contributed by atoms with Crippen LogP contribution in [0.25, 0.3) is 0 Å². The van der Waals surface area contributed by atoms with E-state index in [0.717, 1.165) is 5.69 Å². The molecule has 1 fully saturated rings. The van der Waals surface area contributed by atoms with Crippen LogP contribution >= 0.6 is 23.4 Å². The van der Waals surface area contributed by atoms with E-state index in [9.17, 15) is 14.7 Å². The first kappa shape index (κ1) is 17.1. The van der Waals surface area contributed by atoms with Crippen molar-refractivity contribution in [2.24, 2.45) is 0 Å². The van der Waals surface area contributed by atoms with Gasteiger partial charge >= 0.3 is 0 Å². The van der Waals surface area contributed by atoms with Crippen LogP contribution < -0.4 is 4.90 Å². The number of halogens is 1. The second-order valence-corrected chi connectivity index (χ2v) is 6.50. The SMILES string of the molecule is CSCCC(O)C(=O)N1CCN(c2cccc(Cl)c2)C(=O)C1. The van der Waals surface area contributed by atoms with E-state index < -0.39 is 6.10 Å². The normalized spacial score (nSPS) is 16.8. The molecule has 0 aliphatic carbocycles. The standard InChI is InChI=1S/C15H19ClN2O3S/c1-22-8-5-13(19)15(21)17-6-7-18(14(20)10-17)12-4-2-3-11(16)9-12/h2-4,9,13,19H,5-8,10H2,1H3. The number of amides is 2. The van der Waals surface area contributed by atoms with Gasteiger partial charge in [0.2, 0.25) is 5.91 Å². The minimum Gasteiger partial charge on any atom is -0.383 e. The third-order valence-electron chi connectivity index (χ3n) is 3.53. The molecule has 0 radical (unpaired) electrons. The number of nitrogens with zero attached hydrogens (tertiary/aromatic N) is 2. The molecule has 5 nitrogen and oxygen atoms in total. The van der Waals surface area contributed by atoms with Gasteiger partial charge in [-0.15, -0.1) is 0 Å². The number of hydrogen-bond acceptors (Lipinski definition) is 4. The number of aliphatic hydroxyl groups is 1. The number of carbonyl (C=O) groups excluding carboxylic acids is 2. The zero-order valence-corrected chi connectivity index (χ0v) is 13.9. The number of benzene rings is 1. The van der Waals surface area contributed by atoms with Crippen molar-refractivity contribution < 1.29 is 14.7 Å². The van der Waals surface area contributed by atoms with Crippen molar-refractivity contribution in [3.63, 3.8) is 0 Å². The van der Waals surface area contributed by atoms with Gasteiger partial charge in [0.1, 0.15) is 12.6 Å². The van der Waals surface area contributed by atoms with E-state index in [1.807, 2.05) is 12.3 Å². The Kier molecular flexibility index (Phi) is 6.11. The number of piperazine rings is 1. The highest BCUT2D eigenvalue weighted by atomic mass is 35.5.